The molecule has 0 amide bonds. The summed E-state index contributed by atoms with van der Waals surface area (Å²) in [6.45, 7) is 6.00. The SMILES string of the molecule is CCCC(C(=O)O)(c1ccccc1)C(C)C. The zero-order valence-corrected chi connectivity index (χ0v) is 10.2. The molecule has 0 bridgehead atoms. The fourth-order valence-electron chi connectivity index (χ4n) is 2.37. The Morgan fingerprint density at radius 2 is 1.88 bits per heavy atom. The molecule has 0 spiro atoms. The first-order valence-corrected chi connectivity index (χ1v) is 5.84. The van der Waals surface area contributed by atoms with Crippen molar-refractivity contribution < 1.29 is 9.90 Å². The minimum Gasteiger partial charge on any atom is -0.481 e. The number of rotatable bonds is 5. The lowest BCUT2D eigenvalue weighted by molar-refractivity contribution is -0.146. The molecule has 1 atom stereocenters. The predicted octanol–water partition coefficient (Wildman–Crippen LogP) is 3.47. The largest absolute Gasteiger partial charge is 0.481 e. The zero-order chi connectivity index (χ0) is 12.2. The van der Waals surface area contributed by atoms with E-state index in [9.17, 15) is 9.90 Å². The minimum absolute atomic E-state index is 0.0901. The van der Waals surface area contributed by atoms with Crippen LogP contribution in [-0.2, 0) is 10.2 Å². The molecule has 0 heterocycles. The molecule has 1 aromatic rings. The van der Waals surface area contributed by atoms with Crippen molar-refractivity contribution in [3.63, 3.8) is 0 Å². The van der Waals surface area contributed by atoms with Crippen molar-refractivity contribution in [2.24, 2.45) is 5.92 Å². The second kappa shape index (κ2) is 5.15. The predicted molar refractivity (Wildman–Crippen MR) is 65.5 cm³/mol. The van der Waals surface area contributed by atoms with Gasteiger partial charge in [-0.15, -0.1) is 0 Å². The maximum absolute atomic E-state index is 11.7. The summed E-state index contributed by atoms with van der Waals surface area (Å²) >= 11 is 0. The van der Waals surface area contributed by atoms with Crippen LogP contribution >= 0.6 is 0 Å². The van der Waals surface area contributed by atoms with Crippen LogP contribution in [0.4, 0.5) is 0 Å². The van der Waals surface area contributed by atoms with E-state index in [4.69, 9.17) is 0 Å². The van der Waals surface area contributed by atoms with Crippen LogP contribution in [-0.4, -0.2) is 11.1 Å². The van der Waals surface area contributed by atoms with E-state index in [1.807, 2.05) is 51.1 Å². The van der Waals surface area contributed by atoms with E-state index in [1.54, 1.807) is 0 Å². The number of hydrogen-bond donors (Lipinski definition) is 1. The Morgan fingerprint density at radius 3 is 2.25 bits per heavy atom. The Kier molecular flexibility index (Phi) is 4.11. The summed E-state index contributed by atoms with van der Waals surface area (Å²) in [6.07, 6.45) is 1.56. The van der Waals surface area contributed by atoms with Crippen LogP contribution in [0.25, 0.3) is 0 Å². The summed E-state index contributed by atoms with van der Waals surface area (Å²) in [4.78, 5) is 11.7. The lowest BCUT2D eigenvalue weighted by Gasteiger charge is -2.33. The maximum Gasteiger partial charge on any atom is 0.314 e. The van der Waals surface area contributed by atoms with Gasteiger partial charge in [0.1, 0.15) is 0 Å². The van der Waals surface area contributed by atoms with Crippen molar-refractivity contribution >= 4 is 5.97 Å². The Labute approximate surface area is 97.3 Å². The highest BCUT2D eigenvalue weighted by molar-refractivity contribution is 5.81. The van der Waals surface area contributed by atoms with E-state index in [1.165, 1.54) is 0 Å². The molecular formula is C14H20O2. The third kappa shape index (κ3) is 2.11. The summed E-state index contributed by atoms with van der Waals surface area (Å²) in [6, 6.07) is 9.58. The van der Waals surface area contributed by atoms with Gasteiger partial charge in [0.05, 0.1) is 5.41 Å². The third-order valence-electron chi connectivity index (χ3n) is 3.30. The van der Waals surface area contributed by atoms with E-state index in [2.05, 4.69) is 0 Å². The van der Waals surface area contributed by atoms with Gasteiger partial charge >= 0.3 is 5.97 Å². The first kappa shape index (κ1) is 12.8. The molecule has 88 valence electrons. The monoisotopic (exact) mass is 220 g/mol. The first-order valence-electron chi connectivity index (χ1n) is 5.84. The fourth-order valence-corrected chi connectivity index (χ4v) is 2.37. The van der Waals surface area contributed by atoms with Crippen molar-refractivity contribution in [3.05, 3.63) is 35.9 Å². The van der Waals surface area contributed by atoms with Crippen LogP contribution in [0.1, 0.15) is 39.2 Å². The normalized spacial score (nSPS) is 14.8. The van der Waals surface area contributed by atoms with E-state index in [-0.39, 0.29) is 5.92 Å². The molecular weight excluding hydrogens is 200 g/mol. The summed E-state index contributed by atoms with van der Waals surface area (Å²) in [5, 5.41) is 9.58. The van der Waals surface area contributed by atoms with Crippen LogP contribution < -0.4 is 0 Å². The Morgan fingerprint density at radius 1 is 1.31 bits per heavy atom. The van der Waals surface area contributed by atoms with E-state index in [0.29, 0.717) is 6.42 Å². The van der Waals surface area contributed by atoms with Gasteiger partial charge < -0.3 is 5.11 Å². The molecule has 0 aliphatic rings. The molecule has 16 heavy (non-hydrogen) atoms. The Hall–Kier alpha value is -1.31. The molecule has 0 saturated heterocycles. The minimum atomic E-state index is -0.740. The average Bonchev–Trinajstić information content (AvgIpc) is 2.26. The number of aliphatic carboxylic acids is 1. The van der Waals surface area contributed by atoms with Gasteiger partial charge in [0, 0.05) is 0 Å². The van der Waals surface area contributed by atoms with Crippen molar-refractivity contribution in [1.29, 1.82) is 0 Å². The zero-order valence-electron chi connectivity index (χ0n) is 10.2. The van der Waals surface area contributed by atoms with Gasteiger partial charge in [0.25, 0.3) is 0 Å². The first-order chi connectivity index (χ1) is 7.55. The molecule has 2 heteroatoms. The molecule has 1 rings (SSSR count). The lowest BCUT2D eigenvalue weighted by Crippen LogP contribution is -2.40. The average molecular weight is 220 g/mol. The highest BCUT2D eigenvalue weighted by atomic mass is 16.4. The highest BCUT2D eigenvalue weighted by Crippen LogP contribution is 2.37. The topological polar surface area (TPSA) is 37.3 Å². The molecule has 0 radical (unpaired) electrons. The fraction of sp³-hybridized carbons (Fsp3) is 0.500. The standard InChI is InChI=1S/C14H20O2/c1-4-10-14(11(2)3,13(15)16)12-8-6-5-7-9-12/h5-9,11H,4,10H2,1-3H3,(H,15,16). The molecule has 0 fully saturated rings. The molecule has 0 saturated carbocycles. The summed E-state index contributed by atoms with van der Waals surface area (Å²) in [5.74, 6) is -0.622. The molecule has 1 aromatic carbocycles. The van der Waals surface area contributed by atoms with E-state index >= 15 is 0 Å². The number of carboxylic acids is 1. The lowest BCUT2D eigenvalue weighted by atomic mass is 9.69. The molecule has 2 nitrogen and oxygen atoms in total. The Bertz CT molecular complexity index is 343. The van der Waals surface area contributed by atoms with Crippen molar-refractivity contribution in [3.8, 4) is 0 Å². The van der Waals surface area contributed by atoms with Crippen molar-refractivity contribution in [2.45, 2.75) is 39.0 Å². The Balaban J connectivity index is 3.27. The van der Waals surface area contributed by atoms with Gasteiger partial charge in [-0.25, -0.2) is 0 Å². The molecule has 0 aliphatic carbocycles. The van der Waals surface area contributed by atoms with Crippen LogP contribution in [0.2, 0.25) is 0 Å². The second-order valence-corrected chi connectivity index (χ2v) is 4.55. The summed E-state index contributed by atoms with van der Waals surface area (Å²) in [7, 11) is 0. The quantitative estimate of drug-likeness (QED) is 0.825. The summed E-state index contributed by atoms with van der Waals surface area (Å²) in [5.41, 5.74) is 0.176. The van der Waals surface area contributed by atoms with Crippen LogP contribution in [0.3, 0.4) is 0 Å². The molecule has 1 N–H and O–H groups in total. The van der Waals surface area contributed by atoms with Gasteiger partial charge in [-0.2, -0.15) is 0 Å². The molecule has 0 aromatic heterocycles. The number of carboxylic acid groups (broad SMARTS) is 1. The van der Waals surface area contributed by atoms with Crippen LogP contribution in [0, 0.1) is 5.92 Å². The van der Waals surface area contributed by atoms with Crippen LogP contribution in [0.15, 0.2) is 30.3 Å². The third-order valence-corrected chi connectivity index (χ3v) is 3.30. The maximum atomic E-state index is 11.7. The summed E-state index contributed by atoms with van der Waals surface area (Å²) < 4.78 is 0. The van der Waals surface area contributed by atoms with Crippen molar-refractivity contribution in [2.75, 3.05) is 0 Å². The number of carbonyl (C=O) groups is 1. The van der Waals surface area contributed by atoms with Gasteiger partial charge in [-0.3, -0.25) is 4.79 Å². The number of hydrogen-bond acceptors (Lipinski definition) is 1. The van der Waals surface area contributed by atoms with E-state index < -0.39 is 11.4 Å². The number of benzene rings is 1. The van der Waals surface area contributed by atoms with Gasteiger partial charge in [-0.1, -0.05) is 57.5 Å². The van der Waals surface area contributed by atoms with Gasteiger partial charge in [0.15, 0.2) is 0 Å². The van der Waals surface area contributed by atoms with Crippen molar-refractivity contribution in [1.82, 2.24) is 0 Å². The van der Waals surface area contributed by atoms with Gasteiger partial charge in [-0.05, 0) is 17.9 Å². The highest BCUT2D eigenvalue weighted by Gasteiger charge is 2.42. The smallest absolute Gasteiger partial charge is 0.314 e. The van der Waals surface area contributed by atoms with Crippen LogP contribution in [0.5, 0.6) is 0 Å². The van der Waals surface area contributed by atoms with Gasteiger partial charge in [0.2, 0.25) is 0 Å². The molecule has 1 unspecified atom stereocenters. The van der Waals surface area contributed by atoms with E-state index in [0.717, 1.165) is 12.0 Å². The second-order valence-electron chi connectivity index (χ2n) is 4.55. The molecule has 0 aliphatic heterocycles.